The molecule has 0 aliphatic carbocycles. The van der Waals surface area contributed by atoms with Crippen LogP contribution in [0.15, 0.2) is 73.3 Å². The Hall–Kier alpha value is -3.31. The molecule has 5 heteroatoms. The van der Waals surface area contributed by atoms with E-state index in [1.54, 1.807) is 0 Å². The predicted molar refractivity (Wildman–Crippen MR) is 131 cm³/mol. The average Bonchev–Trinajstić information content (AvgIpc) is 3.20. The fourth-order valence-electron chi connectivity index (χ4n) is 4.24. The number of carbonyl (C=O) groups is 1. The number of hydrogen-bond donors (Lipinski definition) is 0. The highest BCUT2D eigenvalue weighted by molar-refractivity contribution is 6.00. The molecule has 4 rings (SSSR count). The van der Waals surface area contributed by atoms with Gasteiger partial charge in [-0.15, -0.1) is 6.58 Å². The number of allylic oxidation sites excluding steroid dienone is 1. The predicted octanol–water partition coefficient (Wildman–Crippen LogP) is 4.70. The van der Waals surface area contributed by atoms with Gasteiger partial charge in [-0.25, -0.2) is 0 Å². The fraction of sp³-hybridized carbons (Fsp3) is 0.296. The molecule has 166 valence electrons. The summed E-state index contributed by atoms with van der Waals surface area (Å²) in [5, 5.41) is 0.976. The molecule has 1 aliphatic heterocycles. The van der Waals surface area contributed by atoms with Crippen molar-refractivity contribution in [1.82, 2.24) is 14.4 Å². The van der Waals surface area contributed by atoms with Gasteiger partial charge >= 0.3 is 0 Å². The number of aromatic nitrogens is 1. The summed E-state index contributed by atoms with van der Waals surface area (Å²) in [5.74, 6) is 0.891. The van der Waals surface area contributed by atoms with Gasteiger partial charge in [-0.1, -0.05) is 54.6 Å². The minimum absolute atomic E-state index is 0.0741. The first-order chi connectivity index (χ1) is 15.7. The molecule has 1 saturated heterocycles. The molecule has 1 aliphatic rings. The average molecular weight is 430 g/mol. The van der Waals surface area contributed by atoms with Gasteiger partial charge in [0.15, 0.2) is 0 Å². The quantitative estimate of drug-likeness (QED) is 0.487. The topological polar surface area (TPSA) is 37.7 Å². The molecule has 1 aromatic heterocycles. The van der Waals surface area contributed by atoms with Crippen molar-refractivity contribution in [2.75, 3.05) is 39.3 Å². The van der Waals surface area contributed by atoms with Crippen LogP contribution in [0.2, 0.25) is 0 Å². The third-order valence-corrected chi connectivity index (χ3v) is 5.87. The van der Waals surface area contributed by atoms with Crippen LogP contribution in [0.1, 0.15) is 23.0 Å². The molecule has 0 bridgehead atoms. The van der Waals surface area contributed by atoms with Crippen LogP contribution in [-0.2, 0) is 6.54 Å². The van der Waals surface area contributed by atoms with Crippen molar-refractivity contribution in [2.45, 2.75) is 13.5 Å². The molecule has 0 atom stereocenters. The van der Waals surface area contributed by atoms with E-state index in [9.17, 15) is 4.79 Å². The third-order valence-electron chi connectivity index (χ3n) is 5.87. The maximum absolute atomic E-state index is 13.4. The monoisotopic (exact) mass is 429 g/mol. The summed E-state index contributed by atoms with van der Waals surface area (Å²) in [6.07, 6.45) is 6.19. The molecule has 0 radical (unpaired) electrons. The molecule has 0 N–H and O–H groups in total. The number of hydrogen-bond acceptors (Lipinski definition) is 3. The van der Waals surface area contributed by atoms with E-state index in [2.05, 4.69) is 35.8 Å². The number of piperazine rings is 1. The molecule has 0 saturated carbocycles. The van der Waals surface area contributed by atoms with Crippen LogP contribution in [0, 0.1) is 0 Å². The van der Waals surface area contributed by atoms with Gasteiger partial charge in [0, 0.05) is 44.7 Å². The van der Waals surface area contributed by atoms with Gasteiger partial charge < -0.3 is 14.2 Å². The zero-order chi connectivity index (χ0) is 22.3. The summed E-state index contributed by atoms with van der Waals surface area (Å²) in [5.41, 5.74) is 2.91. The van der Waals surface area contributed by atoms with Gasteiger partial charge in [0.05, 0.1) is 12.1 Å². The summed E-state index contributed by atoms with van der Waals surface area (Å²) in [4.78, 5) is 17.8. The first-order valence-corrected chi connectivity index (χ1v) is 11.3. The van der Waals surface area contributed by atoms with Gasteiger partial charge in [-0.3, -0.25) is 9.69 Å². The third kappa shape index (κ3) is 4.78. The summed E-state index contributed by atoms with van der Waals surface area (Å²) in [6, 6.07) is 18.3. The van der Waals surface area contributed by atoms with E-state index in [-0.39, 0.29) is 5.91 Å². The first-order valence-electron chi connectivity index (χ1n) is 11.3. The Bertz CT molecular complexity index is 1090. The molecule has 3 aromatic rings. The standard InChI is InChI=1S/C27H31N3O2/c1-3-15-30-24-13-8-14-26(32-4-2)23(24)21-25(30)27(31)29-19-17-28(18-20-29)16-9-12-22-10-6-5-7-11-22/h3,5-14,21H,1,4,15-20H2,2H3. The number of nitrogens with zero attached hydrogens (tertiary/aromatic N) is 3. The smallest absolute Gasteiger partial charge is 0.270 e. The zero-order valence-electron chi connectivity index (χ0n) is 18.7. The van der Waals surface area contributed by atoms with E-state index in [1.807, 2.05) is 64.9 Å². The molecule has 2 aromatic carbocycles. The van der Waals surface area contributed by atoms with E-state index >= 15 is 0 Å². The van der Waals surface area contributed by atoms with Crippen molar-refractivity contribution in [2.24, 2.45) is 0 Å². The van der Waals surface area contributed by atoms with E-state index in [1.165, 1.54) is 5.56 Å². The van der Waals surface area contributed by atoms with E-state index in [0.717, 1.165) is 49.4 Å². The molecular weight excluding hydrogens is 398 g/mol. The van der Waals surface area contributed by atoms with Gasteiger partial charge in [0.2, 0.25) is 0 Å². The second kappa shape index (κ2) is 10.3. The number of ether oxygens (including phenoxy) is 1. The van der Waals surface area contributed by atoms with Gasteiger partial charge in [0.25, 0.3) is 5.91 Å². The Morgan fingerprint density at radius 3 is 2.53 bits per heavy atom. The van der Waals surface area contributed by atoms with Crippen LogP contribution in [0.4, 0.5) is 0 Å². The fourth-order valence-corrected chi connectivity index (χ4v) is 4.24. The Kier molecular flexibility index (Phi) is 7.07. The van der Waals surface area contributed by atoms with E-state index in [4.69, 9.17) is 4.74 Å². The lowest BCUT2D eigenvalue weighted by Gasteiger charge is -2.34. The maximum Gasteiger partial charge on any atom is 0.270 e. The lowest BCUT2D eigenvalue weighted by atomic mass is 10.2. The van der Waals surface area contributed by atoms with Gasteiger partial charge in [-0.05, 0) is 30.7 Å². The van der Waals surface area contributed by atoms with E-state index in [0.29, 0.717) is 18.8 Å². The highest BCUT2D eigenvalue weighted by Crippen LogP contribution is 2.30. The molecular formula is C27H31N3O2. The van der Waals surface area contributed by atoms with E-state index < -0.39 is 0 Å². The molecule has 0 spiro atoms. The lowest BCUT2D eigenvalue weighted by molar-refractivity contribution is 0.0640. The normalized spacial score (nSPS) is 14.8. The highest BCUT2D eigenvalue weighted by Gasteiger charge is 2.25. The Labute approximate surface area is 190 Å². The van der Waals surface area contributed by atoms with Crippen LogP contribution < -0.4 is 4.74 Å². The summed E-state index contributed by atoms with van der Waals surface area (Å²) >= 11 is 0. The van der Waals surface area contributed by atoms with Crippen molar-refractivity contribution in [3.8, 4) is 5.75 Å². The number of carbonyl (C=O) groups excluding carboxylic acids is 1. The maximum atomic E-state index is 13.4. The highest BCUT2D eigenvalue weighted by atomic mass is 16.5. The largest absolute Gasteiger partial charge is 0.493 e. The molecule has 1 fully saturated rings. The molecule has 1 amide bonds. The van der Waals surface area contributed by atoms with Crippen molar-refractivity contribution >= 4 is 22.9 Å². The minimum atomic E-state index is 0.0741. The summed E-state index contributed by atoms with van der Waals surface area (Å²) in [6.45, 7) is 11.1. The zero-order valence-corrected chi connectivity index (χ0v) is 18.7. The SMILES string of the molecule is C=CCn1c(C(=O)N2CCN(CC=Cc3ccccc3)CC2)cc2c(OCC)cccc21. The van der Waals surface area contributed by atoms with Crippen molar-refractivity contribution in [1.29, 1.82) is 0 Å². The number of benzene rings is 2. The van der Waals surface area contributed by atoms with Crippen LogP contribution in [0.3, 0.4) is 0 Å². The number of amides is 1. The van der Waals surface area contributed by atoms with Gasteiger partial charge in [0.1, 0.15) is 11.4 Å². The van der Waals surface area contributed by atoms with Crippen molar-refractivity contribution in [3.05, 3.63) is 84.6 Å². The first kappa shape index (κ1) is 21.9. The molecule has 0 unspecified atom stereocenters. The molecule has 2 heterocycles. The lowest BCUT2D eigenvalue weighted by Crippen LogP contribution is -2.49. The Balaban J connectivity index is 1.44. The van der Waals surface area contributed by atoms with Crippen LogP contribution in [-0.4, -0.2) is 59.6 Å². The number of rotatable bonds is 8. The van der Waals surface area contributed by atoms with Crippen LogP contribution in [0.5, 0.6) is 5.75 Å². The van der Waals surface area contributed by atoms with Crippen molar-refractivity contribution in [3.63, 3.8) is 0 Å². The molecule has 32 heavy (non-hydrogen) atoms. The van der Waals surface area contributed by atoms with Crippen molar-refractivity contribution < 1.29 is 9.53 Å². The van der Waals surface area contributed by atoms with Crippen LogP contribution >= 0.6 is 0 Å². The minimum Gasteiger partial charge on any atom is -0.493 e. The number of fused-ring (bicyclic) bond motifs is 1. The molecule has 5 nitrogen and oxygen atoms in total. The van der Waals surface area contributed by atoms with Gasteiger partial charge in [-0.2, -0.15) is 0 Å². The summed E-state index contributed by atoms with van der Waals surface area (Å²) in [7, 11) is 0. The second-order valence-corrected chi connectivity index (χ2v) is 7.96. The van der Waals surface area contributed by atoms with Crippen LogP contribution in [0.25, 0.3) is 17.0 Å². The summed E-state index contributed by atoms with van der Waals surface area (Å²) < 4.78 is 7.84. The Morgan fingerprint density at radius 1 is 1.03 bits per heavy atom. The second-order valence-electron chi connectivity index (χ2n) is 7.96. The Morgan fingerprint density at radius 2 is 1.81 bits per heavy atom.